The molecular formula is C28H20F3N3O2. The molecule has 180 valence electrons. The van der Waals surface area contributed by atoms with Crippen LogP contribution in [-0.4, -0.2) is 15.9 Å². The van der Waals surface area contributed by atoms with Gasteiger partial charge in [-0.3, -0.25) is 9.78 Å². The summed E-state index contributed by atoms with van der Waals surface area (Å²) in [4.78, 5) is 21.4. The Kier molecular flexibility index (Phi) is 6.01. The van der Waals surface area contributed by atoms with Crippen LogP contribution in [-0.2, 0) is 12.6 Å². The lowest BCUT2D eigenvalue weighted by molar-refractivity contribution is -0.137. The number of nitrogens with one attached hydrogen (secondary N) is 1. The molecule has 4 aromatic rings. The predicted molar refractivity (Wildman–Crippen MR) is 131 cm³/mol. The number of alkyl halides is 3. The molecule has 1 N–H and O–H groups in total. The van der Waals surface area contributed by atoms with Gasteiger partial charge in [0.05, 0.1) is 11.3 Å². The minimum Gasteiger partial charge on any atom is -0.438 e. The van der Waals surface area contributed by atoms with E-state index in [2.05, 4.69) is 21.4 Å². The van der Waals surface area contributed by atoms with E-state index in [4.69, 9.17) is 4.74 Å². The Morgan fingerprint density at radius 1 is 0.972 bits per heavy atom. The number of benzene rings is 2. The lowest BCUT2D eigenvalue weighted by atomic mass is 10.0. The number of anilines is 1. The van der Waals surface area contributed by atoms with Crippen molar-refractivity contribution in [2.45, 2.75) is 19.5 Å². The molecule has 0 radical (unpaired) electrons. The summed E-state index contributed by atoms with van der Waals surface area (Å²) in [6.07, 6.45) is 3.78. The Bertz CT molecular complexity index is 1500. The number of amides is 1. The molecule has 0 spiro atoms. The van der Waals surface area contributed by atoms with Crippen molar-refractivity contribution in [3.8, 4) is 22.8 Å². The molecule has 0 saturated heterocycles. The summed E-state index contributed by atoms with van der Waals surface area (Å²) in [5.74, 6) is 0.323. The highest BCUT2D eigenvalue weighted by molar-refractivity contribution is 6.04. The summed E-state index contributed by atoms with van der Waals surface area (Å²) >= 11 is 0. The van der Waals surface area contributed by atoms with Gasteiger partial charge in [-0.15, -0.1) is 0 Å². The van der Waals surface area contributed by atoms with E-state index in [1.54, 1.807) is 30.6 Å². The second-order valence-electron chi connectivity index (χ2n) is 8.30. The zero-order valence-corrected chi connectivity index (χ0v) is 19.1. The van der Waals surface area contributed by atoms with E-state index in [-0.39, 0.29) is 5.56 Å². The molecular weight excluding hydrogens is 467 g/mol. The first-order valence-electron chi connectivity index (χ1n) is 11.2. The quantitative estimate of drug-likeness (QED) is 0.327. The summed E-state index contributed by atoms with van der Waals surface area (Å²) < 4.78 is 45.1. The van der Waals surface area contributed by atoms with E-state index in [0.29, 0.717) is 22.9 Å². The van der Waals surface area contributed by atoms with Gasteiger partial charge in [-0.2, -0.15) is 13.2 Å². The van der Waals surface area contributed by atoms with Crippen molar-refractivity contribution in [1.82, 2.24) is 9.97 Å². The average molecular weight is 487 g/mol. The number of allylic oxidation sites excluding steroid dienone is 1. The highest BCUT2D eigenvalue weighted by atomic mass is 19.4. The molecule has 0 atom stereocenters. The van der Waals surface area contributed by atoms with Crippen molar-refractivity contribution in [2.24, 2.45) is 0 Å². The number of halogens is 3. The van der Waals surface area contributed by atoms with E-state index in [1.807, 2.05) is 31.2 Å². The third-order valence-electron chi connectivity index (χ3n) is 5.82. The monoisotopic (exact) mass is 487 g/mol. The Morgan fingerprint density at radius 3 is 2.64 bits per heavy atom. The number of carbonyl (C=O) groups excluding carboxylic acids is 1. The number of hydrogen-bond donors (Lipinski definition) is 1. The van der Waals surface area contributed by atoms with Crippen molar-refractivity contribution in [1.29, 1.82) is 0 Å². The van der Waals surface area contributed by atoms with E-state index in [0.717, 1.165) is 40.9 Å². The number of nitrogens with zero attached hydrogens (tertiary/aromatic N) is 2. The fraction of sp³-hybridized carbons (Fsp3) is 0.107. The zero-order chi connectivity index (χ0) is 25.3. The Morgan fingerprint density at radius 2 is 1.83 bits per heavy atom. The first-order valence-corrected chi connectivity index (χ1v) is 11.2. The van der Waals surface area contributed by atoms with Crippen LogP contribution < -0.4 is 10.1 Å². The lowest BCUT2D eigenvalue weighted by Gasteiger charge is -2.15. The number of aromatic nitrogens is 2. The van der Waals surface area contributed by atoms with E-state index >= 15 is 0 Å². The van der Waals surface area contributed by atoms with Gasteiger partial charge >= 0.3 is 6.18 Å². The van der Waals surface area contributed by atoms with Gasteiger partial charge in [-0.1, -0.05) is 18.2 Å². The number of fused-ring (bicyclic) bond motifs is 1. The summed E-state index contributed by atoms with van der Waals surface area (Å²) in [7, 11) is 0. The smallest absolute Gasteiger partial charge is 0.416 e. The van der Waals surface area contributed by atoms with Crippen LogP contribution >= 0.6 is 0 Å². The molecule has 2 aromatic carbocycles. The molecule has 36 heavy (non-hydrogen) atoms. The number of aryl methyl sites for hydroxylation is 1. The van der Waals surface area contributed by atoms with E-state index in [1.165, 1.54) is 12.1 Å². The van der Waals surface area contributed by atoms with Crippen LogP contribution in [0.2, 0.25) is 0 Å². The van der Waals surface area contributed by atoms with Gasteiger partial charge in [0.2, 0.25) is 5.88 Å². The minimum atomic E-state index is -4.52. The Labute approximate surface area is 205 Å². The van der Waals surface area contributed by atoms with Crippen molar-refractivity contribution < 1.29 is 22.7 Å². The highest BCUT2D eigenvalue weighted by Crippen LogP contribution is 2.37. The van der Waals surface area contributed by atoms with Crippen LogP contribution in [0.4, 0.5) is 18.9 Å². The summed E-state index contributed by atoms with van der Waals surface area (Å²) in [5.41, 5.74) is 4.02. The lowest BCUT2D eigenvalue weighted by Crippen LogP contribution is -2.14. The third kappa shape index (κ3) is 4.70. The number of rotatable bonds is 5. The van der Waals surface area contributed by atoms with E-state index < -0.39 is 17.6 Å². The van der Waals surface area contributed by atoms with E-state index in [9.17, 15) is 18.0 Å². The molecule has 0 aliphatic heterocycles. The van der Waals surface area contributed by atoms with Gasteiger partial charge < -0.3 is 10.1 Å². The molecule has 5 nitrogen and oxygen atoms in total. The summed E-state index contributed by atoms with van der Waals surface area (Å²) in [5, 5.41) is 2.64. The zero-order valence-electron chi connectivity index (χ0n) is 19.1. The molecule has 0 saturated carbocycles. The molecule has 1 amide bonds. The van der Waals surface area contributed by atoms with Crippen LogP contribution in [0.3, 0.4) is 0 Å². The summed E-state index contributed by atoms with van der Waals surface area (Å²) in [6.45, 7) is 1.81. The van der Waals surface area contributed by atoms with Gasteiger partial charge in [-0.25, -0.2) is 4.98 Å². The largest absolute Gasteiger partial charge is 0.438 e. The van der Waals surface area contributed by atoms with Gasteiger partial charge in [0, 0.05) is 41.2 Å². The van der Waals surface area contributed by atoms with Gasteiger partial charge in [0.25, 0.3) is 5.91 Å². The standard InChI is InChI=1S/C28H20F3N3O2/c1-17-15-20(34-26(35)18-5-2-6-19(16-18)28(29,30)31)10-11-25(17)36-27-23(8-4-13-33-27)21-12-14-32-24-9-3-7-22(21)24/h2-8,10-16H,9H2,1H3,(H,34,35). The summed E-state index contributed by atoms with van der Waals surface area (Å²) in [6, 6.07) is 15.0. The van der Waals surface area contributed by atoms with Gasteiger partial charge in [-0.05, 0) is 72.6 Å². The highest BCUT2D eigenvalue weighted by Gasteiger charge is 2.31. The first-order chi connectivity index (χ1) is 17.3. The predicted octanol–water partition coefficient (Wildman–Crippen LogP) is 7.08. The van der Waals surface area contributed by atoms with Crippen LogP contribution in [0.25, 0.3) is 17.2 Å². The average Bonchev–Trinajstić information content (AvgIpc) is 3.35. The number of carbonyl (C=O) groups is 1. The normalized spacial score (nSPS) is 12.3. The number of pyridine rings is 2. The van der Waals surface area contributed by atoms with Crippen molar-refractivity contribution in [3.63, 3.8) is 0 Å². The second kappa shape index (κ2) is 9.30. The topological polar surface area (TPSA) is 64.1 Å². The molecule has 0 unspecified atom stereocenters. The van der Waals surface area contributed by atoms with Gasteiger partial charge in [0.15, 0.2) is 0 Å². The Balaban J connectivity index is 1.37. The fourth-order valence-electron chi connectivity index (χ4n) is 4.05. The third-order valence-corrected chi connectivity index (χ3v) is 5.82. The van der Waals surface area contributed by atoms with Crippen molar-refractivity contribution >= 4 is 17.7 Å². The molecule has 0 fully saturated rings. The molecule has 5 rings (SSSR count). The SMILES string of the molecule is Cc1cc(NC(=O)c2cccc(C(F)(F)F)c2)ccc1Oc1ncccc1-c1ccnc2c1C=CC2. The van der Waals surface area contributed by atoms with Crippen LogP contribution in [0.5, 0.6) is 11.6 Å². The first kappa shape index (κ1) is 23.3. The molecule has 0 bridgehead atoms. The maximum Gasteiger partial charge on any atom is 0.416 e. The molecule has 2 heterocycles. The second-order valence-corrected chi connectivity index (χ2v) is 8.30. The van der Waals surface area contributed by atoms with Crippen LogP contribution in [0, 0.1) is 6.92 Å². The van der Waals surface area contributed by atoms with Crippen molar-refractivity contribution in [2.75, 3.05) is 5.32 Å². The molecule has 1 aliphatic rings. The molecule has 1 aliphatic carbocycles. The van der Waals surface area contributed by atoms with Crippen molar-refractivity contribution in [3.05, 3.63) is 107 Å². The molecule has 8 heteroatoms. The fourth-order valence-corrected chi connectivity index (χ4v) is 4.05. The minimum absolute atomic E-state index is 0.0835. The number of hydrogen-bond acceptors (Lipinski definition) is 4. The van der Waals surface area contributed by atoms with Crippen LogP contribution in [0.1, 0.15) is 32.7 Å². The van der Waals surface area contributed by atoms with Gasteiger partial charge in [0.1, 0.15) is 5.75 Å². The van der Waals surface area contributed by atoms with Crippen LogP contribution in [0.15, 0.2) is 79.1 Å². The number of ether oxygens (including phenoxy) is 1. The maximum atomic E-state index is 13.0. The molecule has 2 aromatic heterocycles. The maximum absolute atomic E-state index is 13.0. The Hall–Kier alpha value is -4.46.